The maximum Gasteiger partial charge on any atom is 0.310 e. The van der Waals surface area contributed by atoms with Gasteiger partial charge in [-0.25, -0.2) is 0 Å². The van der Waals surface area contributed by atoms with Crippen molar-refractivity contribution >= 4 is 49.6 Å². The number of hydrogen-bond acceptors (Lipinski definition) is 5. The Morgan fingerprint density at radius 3 is 2.62 bits per heavy atom. The van der Waals surface area contributed by atoms with Crippen LogP contribution in [0, 0.1) is 23.7 Å². The summed E-state index contributed by atoms with van der Waals surface area (Å²) in [7, 11) is 0. The molecule has 3 fully saturated rings. The quantitative estimate of drug-likeness (QED) is 0.395. The van der Waals surface area contributed by atoms with E-state index < -0.39 is 17.8 Å². The molecule has 0 unspecified atom stereocenters. The highest BCUT2D eigenvalue weighted by atomic mass is 79.9. The lowest BCUT2D eigenvalue weighted by atomic mass is 9.80. The molecule has 2 bridgehead atoms. The van der Waals surface area contributed by atoms with Crippen LogP contribution in [0.4, 0.5) is 0 Å². The third kappa shape index (κ3) is 2.44. The Kier molecular flexibility index (Phi) is 4.03. The van der Waals surface area contributed by atoms with Crippen LogP contribution in [-0.4, -0.2) is 35.3 Å². The van der Waals surface area contributed by atoms with Crippen molar-refractivity contribution in [3.63, 3.8) is 0 Å². The number of fused-ring (bicyclic) bond motifs is 1. The molecule has 2 saturated carbocycles. The Hall–Kier alpha value is -1.21. The summed E-state index contributed by atoms with van der Waals surface area (Å²) in [5.74, 6) is -1.85. The van der Waals surface area contributed by atoms with Crippen molar-refractivity contribution in [3.8, 4) is 0 Å². The van der Waals surface area contributed by atoms with Gasteiger partial charge in [-0.3, -0.25) is 14.4 Å². The second-order valence-corrected chi connectivity index (χ2v) is 8.47. The number of esters is 2. The summed E-state index contributed by atoms with van der Waals surface area (Å²) in [5.41, 5.74) is 0.484. The highest BCUT2D eigenvalue weighted by Gasteiger charge is 2.68. The lowest BCUT2D eigenvalue weighted by Crippen LogP contribution is -2.39. The zero-order valence-corrected chi connectivity index (χ0v) is 15.7. The predicted molar refractivity (Wildman–Crippen MR) is 90.6 cm³/mol. The van der Waals surface area contributed by atoms with Crippen molar-refractivity contribution in [2.75, 3.05) is 6.61 Å². The lowest BCUT2D eigenvalue weighted by molar-refractivity contribution is -0.154. The fraction of sp³-hybridized carbons (Fsp3) is 0.471. The van der Waals surface area contributed by atoms with Gasteiger partial charge in [0.1, 0.15) is 6.10 Å². The van der Waals surface area contributed by atoms with Crippen molar-refractivity contribution in [1.29, 1.82) is 0 Å². The number of halogens is 2. The summed E-state index contributed by atoms with van der Waals surface area (Å²) >= 11 is 6.86. The van der Waals surface area contributed by atoms with Gasteiger partial charge in [0.25, 0.3) is 0 Å². The first-order chi connectivity index (χ1) is 11.5. The Balaban J connectivity index is 1.43. The van der Waals surface area contributed by atoms with Crippen LogP contribution in [0.15, 0.2) is 28.7 Å². The van der Waals surface area contributed by atoms with Crippen LogP contribution in [-0.2, 0) is 19.1 Å². The smallest absolute Gasteiger partial charge is 0.310 e. The van der Waals surface area contributed by atoms with Gasteiger partial charge in [0.05, 0.1) is 16.7 Å². The average Bonchev–Trinajstić information content (AvgIpc) is 3.17. The molecular weight excluding hydrogens is 444 g/mol. The standard InChI is InChI=1S/C17H14Br2O5/c18-8-3-1-7(2-4-8)11(20)6-23-16(21)12-9-5-10-13(12)17(22)24-15(10)14(9)19/h1-4,9-10,12-15H,5-6H2/t9-,10-,12-,13-,14-,15+/m1/s1. The highest BCUT2D eigenvalue weighted by Crippen LogP contribution is 2.60. The summed E-state index contributed by atoms with van der Waals surface area (Å²) in [4.78, 5) is 36.6. The molecule has 0 amide bonds. The number of hydrogen-bond donors (Lipinski definition) is 0. The first-order valence-electron chi connectivity index (χ1n) is 7.77. The minimum absolute atomic E-state index is 0.00933. The van der Waals surface area contributed by atoms with E-state index in [1.807, 2.05) is 0 Å². The van der Waals surface area contributed by atoms with Crippen molar-refractivity contribution < 1.29 is 23.9 Å². The highest BCUT2D eigenvalue weighted by molar-refractivity contribution is 9.10. The molecule has 126 valence electrons. The van der Waals surface area contributed by atoms with Crippen LogP contribution < -0.4 is 0 Å². The van der Waals surface area contributed by atoms with Crippen LogP contribution >= 0.6 is 31.9 Å². The minimum atomic E-state index is -0.511. The maximum absolute atomic E-state index is 12.5. The molecule has 1 heterocycles. The zero-order valence-electron chi connectivity index (χ0n) is 12.5. The van der Waals surface area contributed by atoms with Gasteiger partial charge in [-0.05, 0) is 24.5 Å². The molecule has 24 heavy (non-hydrogen) atoms. The fourth-order valence-electron chi connectivity index (χ4n) is 4.25. The van der Waals surface area contributed by atoms with Gasteiger partial charge in [0.15, 0.2) is 12.4 Å². The lowest BCUT2D eigenvalue weighted by Gasteiger charge is -2.26. The van der Waals surface area contributed by atoms with E-state index in [1.54, 1.807) is 24.3 Å². The van der Waals surface area contributed by atoms with Crippen LogP contribution in [0.3, 0.4) is 0 Å². The summed E-state index contributed by atoms with van der Waals surface area (Å²) in [5, 5.41) is 0. The van der Waals surface area contributed by atoms with Gasteiger partial charge in [0.2, 0.25) is 0 Å². The van der Waals surface area contributed by atoms with E-state index in [4.69, 9.17) is 9.47 Å². The molecule has 0 aromatic heterocycles. The van der Waals surface area contributed by atoms with E-state index >= 15 is 0 Å². The molecule has 2 aliphatic carbocycles. The molecule has 0 spiro atoms. The molecule has 5 nitrogen and oxygen atoms in total. The fourth-order valence-corrected chi connectivity index (χ4v) is 5.56. The van der Waals surface area contributed by atoms with Crippen molar-refractivity contribution in [2.45, 2.75) is 17.4 Å². The summed E-state index contributed by atoms with van der Waals surface area (Å²) in [6.07, 6.45) is 0.665. The monoisotopic (exact) mass is 456 g/mol. The van der Waals surface area contributed by atoms with Crippen molar-refractivity contribution in [2.24, 2.45) is 23.7 Å². The largest absolute Gasteiger partial charge is 0.461 e. The van der Waals surface area contributed by atoms with E-state index in [0.717, 1.165) is 10.9 Å². The number of benzene rings is 1. The molecule has 4 rings (SSSR count). The number of Topliss-reactive ketones (excluding diaryl/α,β-unsaturated/α-hetero) is 1. The van der Waals surface area contributed by atoms with E-state index in [9.17, 15) is 14.4 Å². The number of alkyl halides is 1. The van der Waals surface area contributed by atoms with E-state index in [0.29, 0.717) is 5.56 Å². The molecule has 1 aromatic rings. The first kappa shape index (κ1) is 16.3. The first-order valence-corrected chi connectivity index (χ1v) is 9.48. The maximum atomic E-state index is 12.5. The van der Waals surface area contributed by atoms with Gasteiger partial charge < -0.3 is 9.47 Å². The summed E-state index contributed by atoms with van der Waals surface area (Å²) in [6, 6.07) is 6.86. The summed E-state index contributed by atoms with van der Waals surface area (Å²) < 4.78 is 11.5. The number of ketones is 1. The minimum Gasteiger partial charge on any atom is -0.461 e. The molecule has 7 heteroatoms. The van der Waals surface area contributed by atoms with E-state index in [1.165, 1.54) is 0 Å². The van der Waals surface area contributed by atoms with Gasteiger partial charge in [0, 0.05) is 16.0 Å². The molecule has 1 saturated heterocycles. The van der Waals surface area contributed by atoms with E-state index in [-0.39, 0.29) is 41.1 Å². The molecule has 0 N–H and O–H groups in total. The van der Waals surface area contributed by atoms with Gasteiger partial charge >= 0.3 is 11.9 Å². The molecule has 6 atom stereocenters. The second kappa shape index (κ2) is 5.95. The van der Waals surface area contributed by atoms with Gasteiger partial charge in [-0.1, -0.05) is 44.0 Å². The third-order valence-electron chi connectivity index (χ3n) is 5.31. The van der Waals surface area contributed by atoms with Gasteiger partial charge in [-0.15, -0.1) is 0 Å². The number of ether oxygens (including phenoxy) is 2. The number of carbonyl (C=O) groups is 3. The van der Waals surface area contributed by atoms with Crippen molar-refractivity contribution in [1.82, 2.24) is 0 Å². The average molecular weight is 458 g/mol. The van der Waals surface area contributed by atoms with Crippen LogP contribution in [0.2, 0.25) is 0 Å². The molecule has 1 aliphatic heterocycles. The molecule has 0 radical (unpaired) electrons. The molecule has 3 aliphatic rings. The Labute approximate surface area is 155 Å². The van der Waals surface area contributed by atoms with Gasteiger partial charge in [-0.2, -0.15) is 0 Å². The Morgan fingerprint density at radius 2 is 1.92 bits per heavy atom. The van der Waals surface area contributed by atoms with E-state index in [2.05, 4.69) is 31.9 Å². The number of carbonyl (C=O) groups excluding carboxylic acids is 3. The van der Waals surface area contributed by atoms with Crippen LogP contribution in [0.1, 0.15) is 16.8 Å². The topological polar surface area (TPSA) is 69.7 Å². The number of rotatable bonds is 4. The third-order valence-corrected chi connectivity index (χ3v) is 7.04. The molecular formula is C17H14Br2O5. The summed E-state index contributed by atoms with van der Waals surface area (Å²) in [6.45, 7) is -0.313. The zero-order chi connectivity index (χ0) is 17.0. The Morgan fingerprint density at radius 1 is 1.21 bits per heavy atom. The molecule has 1 aromatic carbocycles. The van der Waals surface area contributed by atoms with Crippen molar-refractivity contribution in [3.05, 3.63) is 34.3 Å². The SMILES string of the molecule is O=C(COC(=O)[C@@H]1[C@H]2C[C@H]3[C@H](OC(=O)[C@H]31)[C@@H]2Br)c1ccc(Br)cc1. The van der Waals surface area contributed by atoms with Crippen LogP contribution in [0.5, 0.6) is 0 Å². The second-order valence-electron chi connectivity index (χ2n) is 6.50. The predicted octanol–water partition coefficient (Wildman–Crippen LogP) is 2.75. The van der Waals surface area contributed by atoms with Crippen LogP contribution in [0.25, 0.3) is 0 Å². The normalized spacial score (nSPS) is 35.8. The Bertz CT molecular complexity index is 716.